The van der Waals surface area contributed by atoms with Gasteiger partial charge in [0.2, 0.25) is 5.91 Å². The number of fused-ring (bicyclic) bond motifs is 1. The Balaban J connectivity index is 1.78. The number of amides is 3. The topological polar surface area (TPSA) is 61.9 Å². The highest BCUT2D eigenvalue weighted by atomic mass is 32.1. The molecule has 6 nitrogen and oxygen atoms in total. The van der Waals surface area contributed by atoms with Gasteiger partial charge in [0.15, 0.2) is 0 Å². The number of nitrogens with one attached hydrogen (secondary N) is 1. The van der Waals surface area contributed by atoms with Gasteiger partial charge in [0.1, 0.15) is 24.7 Å². The quantitative estimate of drug-likeness (QED) is 0.659. The van der Waals surface area contributed by atoms with Crippen LogP contribution < -0.4 is 10.1 Å². The minimum atomic E-state index is -0.364. The summed E-state index contributed by atoms with van der Waals surface area (Å²) in [5.74, 6) is -0.0500. The third-order valence-corrected chi connectivity index (χ3v) is 6.63. The Bertz CT molecular complexity index is 904. The minimum Gasteiger partial charge on any atom is -0.491 e. The van der Waals surface area contributed by atoms with Crippen LogP contribution in [0, 0.1) is 5.82 Å². The van der Waals surface area contributed by atoms with Crippen LogP contribution in [0.4, 0.5) is 9.18 Å². The number of urea groups is 1. The molecule has 1 aromatic carbocycles. The van der Waals surface area contributed by atoms with Crippen LogP contribution >= 0.6 is 11.3 Å². The molecule has 8 heteroatoms. The van der Waals surface area contributed by atoms with E-state index in [9.17, 15) is 14.0 Å². The third kappa shape index (κ3) is 5.55. The van der Waals surface area contributed by atoms with Gasteiger partial charge in [-0.1, -0.05) is 13.0 Å². The van der Waals surface area contributed by atoms with Crippen LogP contribution in [0.5, 0.6) is 5.75 Å². The first-order valence-electron chi connectivity index (χ1n) is 10.7. The first kappa shape index (κ1) is 23.1. The Morgan fingerprint density at radius 2 is 2.16 bits per heavy atom. The van der Waals surface area contributed by atoms with E-state index in [1.807, 2.05) is 32.2 Å². The van der Waals surface area contributed by atoms with Crippen LogP contribution in [-0.2, 0) is 11.2 Å². The van der Waals surface area contributed by atoms with Gasteiger partial charge < -0.3 is 19.9 Å². The fraction of sp³-hybridized carbons (Fsp3) is 0.478. The van der Waals surface area contributed by atoms with E-state index in [-0.39, 0.29) is 43.0 Å². The number of hydrogen-bond acceptors (Lipinski definition) is 4. The van der Waals surface area contributed by atoms with Crippen LogP contribution in [-0.4, -0.2) is 54.0 Å². The molecule has 31 heavy (non-hydrogen) atoms. The highest BCUT2D eigenvalue weighted by Gasteiger charge is 2.34. The number of carbonyl (C=O) groups excluding carboxylic acids is 2. The minimum absolute atomic E-state index is 0.0107. The first-order valence-corrected chi connectivity index (χ1v) is 11.6. The summed E-state index contributed by atoms with van der Waals surface area (Å²) in [6.07, 6.45) is 1.53. The molecule has 0 bridgehead atoms. The molecular weight excluding hydrogens is 417 g/mol. The van der Waals surface area contributed by atoms with Gasteiger partial charge in [0.05, 0.1) is 6.04 Å². The number of carbonyl (C=O) groups is 2. The third-order valence-electron chi connectivity index (χ3n) is 5.64. The maximum Gasteiger partial charge on any atom is 0.318 e. The van der Waals surface area contributed by atoms with Crippen LogP contribution in [0.15, 0.2) is 35.7 Å². The zero-order valence-corrected chi connectivity index (χ0v) is 19.1. The lowest BCUT2D eigenvalue weighted by atomic mass is 10.00. The van der Waals surface area contributed by atoms with E-state index in [1.165, 1.54) is 17.0 Å². The predicted octanol–water partition coefficient (Wildman–Crippen LogP) is 4.22. The monoisotopic (exact) mass is 447 g/mol. The number of ether oxygens (including phenoxy) is 1. The molecular formula is C23H30FN3O3S. The fourth-order valence-corrected chi connectivity index (χ4v) is 4.67. The number of benzene rings is 1. The lowest BCUT2D eigenvalue weighted by molar-refractivity contribution is -0.135. The molecule has 2 atom stereocenters. The average Bonchev–Trinajstić information content (AvgIpc) is 3.24. The second-order valence-electron chi connectivity index (χ2n) is 7.64. The summed E-state index contributed by atoms with van der Waals surface area (Å²) in [7, 11) is 0. The number of halogens is 1. The second-order valence-corrected chi connectivity index (χ2v) is 8.64. The van der Waals surface area contributed by atoms with Crippen LogP contribution in [0.2, 0.25) is 0 Å². The van der Waals surface area contributed by atoms with E-state index in [0.29, 0.717) is 18.8 Å². The van der Waals surface area contributed by atoms with E-state index < -0.39 is 0 Å². The molecule has 0 saturated carbocycles. The standard InChI is InChI=1S/C23H30FN3O3S/c1-4-16(3)27(23(29)25-5-2)14-22(28)26-11-9-21-19(10-12-31-21)20(26)15-30-18-8-6-7-17(24)13-18/h6-8,10,12-13,16,20H,4-5,9,11,14-15H2,1-3H3,(H,25,29)/t16-,20-/m0/s1. The van der Waals surface area contributed by atoms with E-state index in [0.717, 1.165) is 18.4 Å². The molecule has 3 amide bonds. The largest absolute Gasteiger partial charge is 0.491 e. The van der Waals surface area contributed by atoms with Crippen molar-refractivity contribution in [2.45, 2.75) is 45.7 Å². The van der Waals surface area contributed by atoms with Gasteiger partial charge in [0, 0.05) is 30.1 Å². The summed E-state index contributed by atoms with van der Waals surface area (Å²) in [5, 5.41) is 4.82. The second kappa shape index (κ2) is 10.6. The van der Waals surface area contributed by atoms with Crippen molar-refractivity contribution >= 4 is 23.3 Å². The molecule has 1 aliphatic heterocycles. The molecule has 0 spiro atoms. The molecule has 1 aliphatic rings. The van der Waals surface area contributed by atoms with Crippen molar-refractivity contribution in [1.29, 1.82) is 0 Å². The molecule has 0 aliphatic carbocycles. The summed E-state index contributed by atoms with van der Waals surface area (Å²) >= 11 is 1.67. The van der Waals surface area contributed by atoms with Crippen LogP contribution in [0.3, 0.4) is 0 Å². The normalized spacial score (nSPS) is 16.4. The van der Waals surface area contributed by atoms with E-state index in [1.54, 1.807) is 33.3 Å². The van der Waals surface area contributed by atoms with Crippen molar-refractivity contribution in [3.63, 3.8) is 0 Å². The Labute approximate surface area is 187 Å². The fourth-order valence-electron chi connectivity index (χ4n) is 3.74. The van der Waals surface area contributed by atoms with Crippen molar-refractivity contribution in [3.8, 4) is 5.75 Å². The maximum absolute atomic E-state index is 13.5. The summed E-state index contributed by atoms with van der Waals surface area (Å²) in [6.45, 7) is 7.10. The van der Waals surface area contributed by atoms with E-state index >= 15 is 0 Å². The number of nitrogens with zero attached hydrogens (tertiary/aromatic N) is 2. The highest BCUT2D eigenvalue weighted by Crippen LogP contribution is 2.34. The van der Waals surface area contributed by atoms with Crippen molar-refractivity contribution in [2.24, 2.45) is 0 Å². The van der Waals surface area contributed by atoms with Gasteiger partial charge in [-0.25, -0.2) is 9.18 Å². The van der Waals surface area contributed by atoms with Gasteiger partial charge in [-0.15, -0.1) is 11.3 Å². The number of hydrogen-bond donors (Lipinski definition) is 1. The smallest absolute Gasteiger partial charge is 0.318 e. The Morgan fingerprint density at radius 1 is 1.35 bits per heavy atom. The van der Waals surface area contributed by atoms with E-state index in [2.05, 4.69) is 5.32 Å². The zero-order chi connectivity index (χ0) is 22.4. The van der Waals surface area contributed by atoms with Gasteiger partial charge in [-0.05, 0) is 55.8 Å². The average molecular weight is 448 g/mol. The summed E-state index contributed by atoms with van der Waals surface area (Å²) < 4.78 is 19.4. The summed E-state index contributed by atoms with van der Waals surface area (Å²) in [5.41, 5.74) is 1.06. The summed E-state index contributed by atoms with van der Waals surface area (Å²) in [4.78, 5) is 30.5. The SMILES string of the molecule is CCNC(=O)N(CC(=O)N1CCc2sccc2[C@@H]1COc1cccc(F)c1)[C@@H](C)CC. The molecule has 0 radical (unpaired) electrons. The Hall–Kier alpha value is -2.61. The van der Waals surface area contributed by atoms with Crippen LogP contribution in [0.25, 0.3) is 0 Å². The molecule has 3 rings (SSSR count). The molecule has 0 fully saturated rings. The molecule has 0 saturated heterocycles. The number of rotatable bonds is 8. The predicted molar refractivity (Wildman–Crippen MR) is 120 cm³/mol. The molecule has 0 unspecified atom stereocenters. The van der Waals surface area contributed by atoms with Gasteiger partial charge >= 0.3 is 6.03 Å². The molecule has 2 aromatic rings. The molecule has 2 heterocycles. The Kier molecular flexibility index (Phi) is 7.90. The van der Waals surface area contributed by atoms with Crippen molar-refractivity contribution < 1.29 is 18.7 Å². The Morgan fingerprint density at radius 3 is 2.87 bits per heavy atom. The zero-order valence-electron chi connectivity index (χ0n) is 18.3. The molecule has 1 aromatic heterocycles. The van der Waals surface area contributed by atoms with Gasteiger partial charge in [-0.3, -0.25) is 4.79 Å². The lowest BCUT2D eigenvalue weighted by Gasteiger charge is -2.38. The molecule has 1 N–H and O–H groups in total. The lowest BCUT2D eigenvalue weighted by Crippen LogP contribution is -2.52. The van der Waals surface area contributed by atoms with Crippen molar-refractivity contribution in [2.75, 3.05) is 26.2 Å². The van der Waals surface area contributed by atoms with Gasteiger partial charge in [0.25, 0.3) is 0 Å². The molecule has 168 valence electrons. The van der Waals surface area contributed by atoms with E-state index in [4.69, 9.17) is 4.74 Å². The number of thiophene rings is 1. The van der Waals surface area contributed by atoms with Crippen molar-refractivity contribution in [1.82, 2.24) is 15.1 Å². The van der Waals surface area contributed by atoms with Crippen molar-refractivity contribution in [3.05, 3.63) is 52.0 Å². The van der Waals surface area contributed by atoms with Crippen LogP contribution in [0.1, 0.15) is 43.7 Å². The first-order chi connectivity index (χ1) is 14.9. The highest BCUT2D eigenvalue weighted by molar-refractivity contribution is 7.10. The van der Waals surface area contributed by atoms with Gasteiger partial charge in [-0.2, -0.15) is 0 Å². The maximum atomic E-state index is 13.5. The summed E-state index contributed by atoms with van der Waals surface area (Å²) in [6, 6.07) is 7.46.